The van der Waals surface area contributed by atoms with E-state index in [2.05, 4.69) is 10.4 Å². The summed E-state index contributed by atoms with van der Waals surface area (Å²) < 4.78 is 15.1. The van der Waals surface area contributed by atoms with Crippen LogP contribution in [0.5, 0.6) is 5.75 Å². The topological polar surface area (TPSA) is 84.2 Å². The predicted octanol–water partition coefficient (Wildman–Crippen LogP) is 5.24. The van der Waals surface area contributed by atoms with Gasteiger partial charge in [-0.15, -0.1) is 0 Å². The molecule has 0 unspecified atom stereocenters. The first-order valence-electron chi connectivity index (χ1n) is 10.1. The van der Waals surface area contributed by atoms with Gasteiger partial charge < -0.3 is 10.4 Å². The summed E-state index contributed by atoms with van der Waals surface area (Å²) in [5, 5.41) is 17.3. The number of carbonyl (C=O) groups excluding carboxylic acids is 2. The van der Waals surface area contributed by atoms with E-state index in [1.165, 1.54) is 43.3 Å². The molecule has 0 bridgehead atoms. The summed E-state index contributed by atoms with van der Waals surface area (Å²) in [4.78, 5) is 24.1. The highest BCUT2D eigenvalue weighted by Crippen LogP contribution is 2.27. The van der Waals surface area contributed by atoms with Crippen molar-refractivity contribution in [1.29, 1.82) is 0 Å². The monoisotopic (exact) mass is 441 g/mol. The van der Waals surface area contributed by atoms with Crippen LogP contribution in [0.3, 0.4) is 0 Å². The van der Waals surface area contributed by atoms with E-state index < -0.39 is 5.78 Å². The number of rotatable bonds is 6. The van der Waals surface area contributed by atoms with Crippen LogP contribution >= 0.6 is 0 Å². The molecule has 0 aliphatic rings. The second-order valence-corrected chi connectivity index (χ2v) is 7.33. The summed E-state index contributed by atoms with van der Waals surface area (Å²) in [5.74, 6) is -1.29. The van der Waals surface area contributed by atoms with Crippen molar-refractivity contribution in [3.8, 4) is 22.7 Å². The van der Waals surface area contributed by atoms with Gasteiger partial charge in [0.25, 0.3) is 0 Å². The zero-order chi connectivity index (χ0) is 23.4. The lowest BCUT2D eigenvalue weighted by Gasteiger charge is -2.06. The molecule has 1 amide bonds. The number of anilines is 1. The van der Waals surface area contributed by atoms with Crippen molar-refractivity contribution in [2.75, 3.05) is 5.32 Å². The van der Waals surface area contributed by atoms with Gasteiger partial charge in [-0.05, 0) is 66.7 Å². The normalized spacial score (nSPS) is 11.0. The van der Waals surface area contributed by atoms with Crippen LogP contribution in [0, 0.1) is 5.82 Å². The number of hydrogen-bond acceptors (Lipinski definition) is 4. The number of halogens is 1. The Labute approximate surface area is 189 Å². The lowest BCUT2D eigenvalue weighted by Crippen LogP contribution is -2.06. The van der Waals surface area contributed by atoms with Gasteiger partial charge in [-0.25, -0.2) is 9.07 Å². The Bertz CT molecular complexity index is 1340. The number of nitrogens with zero attached hydrogens (tertiary/aromatic N) is 2. The molecule has 7 heteroatoms. The van der Waals surface area contributed by atoms with Crippen LogP contribution in [-0.4, -0.2) is 26.6 Å². The highest BCUT2D eigenvalue weighted by molar-refractivity contribution is 6.09. The van der Waals surface area contributed by atoms with Gasteiger partial charge in [-0.2, -0.15) is 5.10 Å². The maximum absolute atomic E-state index is 13.4. The maximum atomic E-state index is 13.4. The third-order valence-corrected chi connectivity index (χ3v) is 4.88. The first-order valence-corrected chi connectivity index (χ1v) is 10.1. The standard InChI is InChI=1S/C26H20FN3O3/c1-17(31)28-21-12-14-25(33)23(15-21)24(32)13-9-19-16-30(22-5-3-2-4-6-22)29-26(19)18-7-10-20(27)11-8-18/h2-16,33H,1H3,(H,28,31)/b13-9+. The molecule has 2 N–H and O–H groups in total. The van der Waals surface area contributed by atoms with Crippen LogP contribution < -0.4 is 5.32 Å². The Morgan fingerprint density at radius 1 is 1.03 bits per heavy atom. The number of phenols is 1. The maximum Gasteiger partial charge on any atom is 0.221 e. The van der Waals surface area contributed by atoms with Crippen LogP contribution in [0.25, 0.3) is 23.0 Å². The number of aromatic nitrogens is 2. The zero-order valence-corrected chi connectivity index (χ0v) is 17.7. The number of ketones is 1. The minimum absolute atomic E-state index is 0.0521. The molecule has 1 heterocycles. The van der Waals surface area contributed by atoms with E-state index in [4.69, 9.17) is 0 Å². The molecule has 0 fully saturated rings. The zero-order valence-electron chi connectivity index (χ0n) is 17.7. The Morgan fingerprint density at radius 2 is 1.76 bits per heavy atom. The number of phenolic OH excluding ortho intramolecular Hbond substituents is 1. The van der Waals surface area contributed by atoms with Crippen molar-refractivity contribution in [3.05, 3.63) is 102 Å². The molecular formula is C26H20FN3O3. The second-order valence-electron chi connectivity index (χ2n) is 7.33. The van der Waals surface area contributed by atoms with Gasteiger partial charge in [0, 0.05) is 29.9 Å². The van der Waals surface area contributed by atoms with Crippen LogP contribution in [0.4, 0.5) is 10.1 Å². The fourth-order valence-corrected chi connectivity index (χ4v) is 3.32. The van der Waals surface area contributed by atoms with Gasteiger partial charge in [0.05, 0.1) is 16.9 Å². The molecule has 0 saturated heterocycles. The molecule has 6 nitrogen and oxygen atoms in total. The molecule has 0 aliphatic carbocycles. The molecule has 3 aromatic carbocycles. The van der Waals surface area contributed by atoms with E-state index in [0.717, 1.165) is 5.69 Å². The van der Waals surface area contributed by atoms with Crippen molar-refractivity contribution < 1.29 is 19.1 Å². The van der Waals surface area contributed by atoms with Crippen LogP contribution in [-0.2, 0) is 4.79 Å². The van der Waals surface area contributed by atoms with Crippen molar-refractivity contribution >= 4 is 23.5 Å². The SMILES string of the molecule is CC(=O)Nc1ccc(O)c(C(=O)/C=C/c2cn(-c3ccccc3)nc2-c2ccc(F)cc2)c1. The molecule has 0 spiro atoms. The fourth-order valence-electron chi connectivity index (χ4n) is 3.32. The number of aromatic hydroxyl groups is 1. The second kappa shape index (κ2) is 9.32. The van der Waals surface area contributed by atoms with E-state index in [1.54, 1.807) is 29.1 Å². The van der Waals surface area contributed by atoms with Crippen molar-refractivity contribution in [1.82, 2.24) is 9.78 Å². The summed E-state index contributed by atoms with van der Waals surface area (Å²) in [6.45, 7) is 1.36. The van der Waals surface area contributed by atoms with E-state index >= 15 is 0 Å². The minimum Gasteiger partial charge on any atom is -0.507 e. The molecule has 0 aliphatic heterocycles. The summed E-state index contributed by atoms with van der Waals surface area (Å²) in [7, 11) is 0. The molecule has 4 rings (SSSR count). The summed E-state index contributed by atoms with van der Waals surface area (Å²) in [6, 6.07) is 19.7. The number of allylic oxidation sites excluding steroid dienone is 1. The first-order chi connectivity index (χ1) is 15.9. The van der Waals surface area contributed by atoms with Gasteiger partial charge in [0.15, 0.2) is 5.78 Å². The van der Waals surface area contributed by atoms with E-state index in [-0.39, 0.29) is 23.0 Å². The van der Waals surface area contributed by atoms with Crippen LogP contribution in [0.15, 0.2) is 85.1 Å². The Balaban J connectivity index is 1.71. The molecule has 1 aromatic heterocycles. The fraction of sp³-hybridized carbons (Fsp3) is 0.0385. The first kappa shape index (κ1) is 21.7. The Hall–Kier alpha value is -4.52. The van der Waals surface area contributed by atoms with Gasteiger partial charge in [0.2, 0.25) is 5.91 Å². The summed E-state index contributed by atoms with van der Waals surface area (Å²) in [6.07, 6.45) is 4.69. The highest BCUT2D eigenvalue weighted by atomic mass is 19.1. The highest BCUT2D eigenvalue weighted by Gasteiger charge is 2.13. The molecule has 33 heavy (non-hydrogen) atoms. The quantitative estimate of drug-likeness (QED) is 0.244. The van der Waals surface area contributed by atoms with Crippen LogP contribution in [0.2, 0.25) is 0 Å². The Morgan fingerprint density at radius 3 is 2.45 bits per heavy atom. The number of amides is 1. The van der Waals surface area contributed by atoms with Crippen molar-refractivity contribution in [3.63, 3.8) is 0 Å². The lowest BCUT2D eigenvalue weighted by atomic mass is 10.0. The van der Waals surface area contributed by atoms with Crippen molar-refractivity contribution in [2.45, 2.75) is 6.92 Å². The summed E-state index contributed by atoms with van der Waals surface area (Å²) >= 11 is 0. The average Bonchev–Trinajstić information content (AvgIpc) is 3.24. The molecule has 4 aromatic rings. The third kappa shape index (κ3) is 5.04. The van der Waals surface area contributed by atoms with Gasteiger partial charge in [-0.3, -0.25) is 9.59 Å². The van der Waals surface area contributed by atoms with E-state index in [0.29, 0.717) is 22.5 Å². The van der Waals surface area contributed by atoms with Gasteiger partial charge >= 0.3 is 0 Å². The van der Waals surface area contributed by atoms with Crippen molar-refractivity contribution in [2.24, 2.45) is 0 Å². The number of benzene rings is 3. The predicted molar refractivity (Wildman–Crippen MR) is 125 cm³/mol. The van der Waals surface area contributed by atoms with Gasteiger partial charge in [-0.1, -0.05) is 18.2 Å². The number of carbonyl (C=O) groups is 2. The smallest absolute Gasteiger partial charge is 0.221 e. The van der Waals surface area contributed by atoms with E-state index in [9.17, 15) is 19.1 Å². The number of para-hydroxylation sites is 1. The lowest BCUT2D eigenvalue weighted by molar-refractivity contribution is -0.114. The molecule has 0 radical (unpaired) electrons. The van der Waals surface area contributed by atoms with Crippen LogP contribution in [0.1, 0.15) is 22.8 Å². The Kier molecular flexibility index (Phi) is 6.13. The molecule has 164 valence electrons. The summed E-state index contributed by atoms with van der Waals surface area (Å²) in [5.41, 5.74) is 3.17. The van der Waals surface area contributed by atoms with Gasteiger partial charge in [0.1, 0.15) is 11.6 Å². The third-order valence-electron chi connectivity index (χ3n) is 4.88. The largest absolute Gasteiger partial charge is 0.507 e. The molecule has 0 saturated carbocycles. The average molecular weight is 441 g/mol. The molecular weight excluding hydrogens is 421 g/mol. The number of nitrogens with one attached hydrogen (secondary N) is 1. The molecule has 0 atom stereocenters. The van der Waals surface area contributed by atoms with E-state index in [1.807, 2.05) is 30.3 Å². The minimum atomic E-state index is -0.447. The number of hydrogen-bond donors (Lipinski definition) is 2.